The molecule has 1 aromatic heterocycles. The van der Waals surface area contributed by atoms with E-state index in [4.69, 9.17) is 0 Å². The minimum atomic E-state index is 0.168. The molecule has 29 heavy (non-hydrogen) atoms. The van der Waals surface area contributed by atoms with Crippen LogP contribution in [-0.2, 0) is 6.54 Å². The molecule has 150 valence electrons. The van der Waals surface area contributed by atoms with Crippen molar-refractivity contribution in [3.05, 3.63) is 65.5 Å². The molecular weight excluding hydrogens is 360 g/mol. The van der Waals surface area contributed by atoms with Gasteiger partial charge in [-0.2, -0.15) is 0 Å². The Balaban J connectivity index is 1.25. The van der Waals surface area contributed by atoms with Crippen LogP contribution in [0.4, 0.5) is 0 Å². The summed E-state index contributed by atoms with van der Waals surface area (Å²) >= 11 is 0. The third kappa shape index (κ3) is 3.67. The van der Waals surface area contributed by atoms with Gasteiger partial charge in [-0.1, -0.05) is 18.2 Å². The van der Waals surface area contributed by atoms with Gasteiger partial charge in [0, 0.05) is 31.2 Å². The van der Waals surface area contributed by atoms with E-state index in [0.29, 0.717) is 6.04 Å². The first-order chi connectivity index (χ1) is 14.2. The number of carbonyl (C=O) groups is 1. The van der Waals surface area contributed by atoms with Crippen molar-refractivity contribution < 1.29 is 4.79 Å². The minimum Gasteiger partial charge on any atom is -0.337 e. The Morgan fingerprint density at radius 2 is 1.86 bits per heavy atom. The molecule has 1 unspecified atom stereocenters. The van der Waals surface area contributed by atoms with Crippen molar-refractivity contribution in [1.82, 2.24) is 19.4 Å². The fourth-order valence-electron chi connectivity index (χ4n) is 4.76. The van der Waals surface area contributed by atoms with E-state index in [1.807, 2.05) is 23.4 Å². The van der Waals surface area contributed by atoms with E-state index in [2.05, 4.69) is 51.7 Å². The van der Waals surface area contributed by atoms with Crippen LogP contribution in [-0.4, -0.2) is 57.5 Å². The monoisotopic (exact) mass is 388 g/mol. The Hall–Kier alpha value is -2.66. The highest BCUT2D eigenvalue weighted by molar-refractivity contribution is 5.94. The van der Waals surface area contributed by atoms with Crippen molar-refractivity contribution >= 4 is 16.9 Å². The summed E-state index contributed by atoms with van der Waals surface area (Å²) < 4.78 is 2.16. The second-order valence-electron chi connectivity index (χ2n) is 8.50. The van der Waals surface area contributed by atoms with Crippen molar-refractivity contribution in [2.45, 2.75) is 38.8 Å². The molecule has 0 radical (unpaired) electrons. The number of hydrogen-bond acceptors (Lipinski definition) is 3. The molecule has 0 bridgehead atoms. The average Bonchev–Trinajstić information content (AvgIpc) is 3.49. The van der Waals surface area contributed by atoms with E-state index in [0.717, 1.165) is 42.7 Å². The molecule has 3 heterocycles. The van der Waals surface area contributed by atoms with Crippen LogP contribution in [0.1, 0.15) is 40.7 Å². The summed E-state index contributed by atoms with van der Waals surface area (Å²) in [5.41, 5.74) is 5.36. The summed E-state index contributed by atoms with van der Waals surface area (Å²) in [6.07, 6.45) is 5.61. The van der Waals surface area contributed by atoms with E-state index >= 15 is 0 Å². The normalized spacial score (nSPS) is 20.0. The lowest BCUT2D eigenvalue weighted by molar-refractivity contribution is 0.0780. The lowest BCUT2D eigenvalue weighted by Gasteiger charge is -2.23. The molecule has 5 heteroatoms. The minimum absolute atomic E-state index is 0.168. The van der Waals surface area contributed by atoms with Crippen molar-refractivity contribution in [2.24, 2.45) is 0 Å². The highest BCUT2D eigenvalue weighted by Gasteiger charge is 2.31. The van der Waals surface area contributed by atoms with E-state index in [1.54, 1.807) is 0 Å². The summed E-state index contributed by atoms with van der Waals surface area (Å²) in [4.78, 5) is 22.0. The number of aromatic nitrogens is 2. The summed E-state index contributed by atoms with van der Waals surface area (Å²) in [6, 6.07) is 15.0. The van der Waals surface area contributed by atoms with Gasteiger partial charge in [-0.25, -0.2) is 4.98 Å². The lowest BCUT2D eigenvalue weighted by atomic mass is 10.1. The largest absolute Gasteiger partial charge is 0.337 e. The fourth-order valence-corrected chi connectivity index (χ4v) is 4.76. The SMILES string of the molecule is Cc1ccc2c(c1)ncn2Cc1ccc(C(=O)N2CCC(N3CCCC3)C2)cc1. The van der Waals surface area contributed by atoms with Gasteiger partial charge in [0.05, 0.1) is 17.4 Å². The summed E-state index contributed by atoms with van der Waals surface area (Å²) in [5.74, 6) is 0.168. The van der Waals surface area contributed by atoms with Crippen molar-refractivity contribution in [2.75, 3.05) is 26.2 Å². The topological polar surface area (TPSA) is 41.4 Å². The highest BCUT2D eigenvalue weighted by atomic mass is 16.2. The number of likely N-dealkylation sites (tertiary alicyclic amines) is 2. The molecule has 0 spiro atoms. The molecule has 3 aromatic rings. The molecule has 0 aliphatic carbocycles. The number of carbonyl (C=O) groups excluding carboxylic acids is 1. The zero-order valence-electron chi connectivity index (χ0n) is 17.1. The van der Waals surface area contributed by atoms with E-state index in [-0.39, 0.29) is 5.91 Å². The first kappa shape index (κ1) is 18.4. The van der Waals surface area contributed by atoms with Crippen LogP contribution >= 0.6 is 0 Å². The maximum Gasteiger partial charge on any atom is 0.253 e. The van der Waals surface area contributed by atoms with Crippen LogP contribution in [0.15, 0.2) is 48.8 Å². The Morgan fingerprint density at radius 3 is 2.66 bits per heavy atom. The van der Waals surface area contributed by atoms with Gasteiger partial charge in [-0.15, -0.1) is 0 Å². The van der Waals surface area contributed by atoms with E-state index in [1.165, 1.54) is 37.1 Å². The fraction of sp³-hybridized carbons (Fsp3) is 0.417. The molecule has 5 nitrogen and oxygen atoms in total. The van der Waals surface area contributed by atoms with Gasteiger partial charge in [0.2, 0.25) is 0 Å². The number of nitrogens with zero attached hydrogens (tertiary/aromatic N) is 4. The van der Waals surface area contributed by atoms with Gasteiger partial charge >= 0.3 is 0 Å². The third-order valence-electron chi connectivity index (χ3n) is 6.44. The van der Waals surface area contributed by atoms with Gasteiger partial charge < -0.3 is 9.47 Å². The van der Waals surface area contributed by atoms with E-state index < -0.39 is 0 Å². The number of amides is 1. The number of hydrogen-bond donors (Lipinski definition) is 0. The van der Waals surface area contributed by atoms with Crippen LogP contribution in [0.25, 0.3) is 11.0 Å². The smallest absolute Gasteiger partial charge is 0.253 e. The van der Waals surface area contributed by atoms with Crippen molar-refractivity contribution in [1.29, 1.82) is 0 Å². The van der Waals surface area contributed by atoms with Crippen LogP contribution < -0.4 is 0 Å². The molecule has 2 fully saturated rings. The van der Waals surface area contributed by atoms with Gasteiger partial charge in [-0.05, 0) is 74.7 Å². The molecule has 2 aliphatic rings. The summed E-state index contributed by atoms with van der Waals surface area (Å²) in [7, 11) is 0. The Labute approximate surface area is 171 Å². The second-order valence-corrected chi connectivity index (χ2v) is 8.50. The van der Waals surface area contributed by atoms with Crippen LogP contribution in [0.5, 0.6) is 0 Å². The molecule has 5 rings (SSSR count). The third-order valence-corrected chi connectivity index (χ3v) is 6.44. The number of fused-ring (bicyclic) bond motifs is 1. The predicted octanol–water partition coefficient (Wildman–Crippen LogP) is 3.70. The molecular formula is C24H28N4O. The van der Waals surface area contributed by atoms with Crippen LogP contribution in [0.3, 0.4) is 0 Å². The first-order valence-corrected chi connectivity index (χ1v) is 10.7. The van der Waals surface area contributed by atoms with Gasteiger partial charge in [0.1, 0.15) is 0 Å². The Kier molecular flexibility index (Phi) is 4.84. The van der Waals surface area contributed by atoms with Gasteiger partial charge in [0.15, 0.2) is 0 Å². The zero-order valence-corrected chi connectivity index (χ0v) is 17.1. The number of imidazole rings is 1. The summed E-state index contributed by atoms with van der Waals surface area (Å²) in [5, 5.41) is 0. The maximum absolute atomic E-state index is 12.9. The van der Waals surface area contributed by atoms with E-state index in [9.17, 15) is 4.79 Å². The van der Waals surface area contributed by atoms with Crippen molar-refractivity contribution in [3.63, 3.8) is 0 Å². The number of aryl methyl sites for hydroxylation is 1. The molecule has 2 aromatic carbocycles. The second kappa shape index (κ2) is 7.64. The van der Waals surface area contributed by atoms with Crippen molar-refractivity contribution in [3.8, 4) is 0 Å². The Morgan fingerprint density at radius 1 is 1.07 bits per heavy atom. The molecule has 0 N–H and O–H groups in total. The Bertz CT molecular complexity index is 1020. The summed E-state index contributed by atoms with van der Waals surface area (Å²) in [6.45, 7) is 6.99. The molecule has 2 saturated heterocycles. The zero-order chi connectivity index (χ0) is 19.8. The standard InChI is InChI=1S/C24H28N4O/c1-18-4-9-23-22(14-18)25-17-28(23)15-19-5-7-20(8-6-19)24(29)27-13-10-21(16-27)26-11-2-3-12-26/h4-9,14,17,21H,2-3,10-13,15-16H2,1H3. The lowest BCUT2D eigenvalue weighted by Crippen LogP contribution is -2.37. The quantitative estimate of drug-likeness (QED) is 0.684. The number of rotatable bonds is 4. The van der Waals surface area contributed by atoms with Crippen LogP contribution in [0.2, 0.25) is 0 Å². The molecule has 1 atom stereocenters. The molecule has 2 aliphatic heterocycles. The highest BCUT2D eigenvalue weighted by Crippen LogP contribution is 2.22. The predicted molar refractivity (Wildman–Crippen MR) is 115 cm³/mol. The maximum atomic E-state index is 12.9. The molecule has 1 amide bonds. The van der Waals surface area contributed by atoms with Crippen LogP contribution in [0, 0.1) is 6.92 Å². The number of benzene rings is 2. The molecule has 0 saturated carbocycles. The average molecular weight is 389 g/mol. The van der Waals surface area contributed by atoms with Gasteiger partial charge in [0.25, 0.3) is 5.91 Å². The first-order valence-electron chi connectivity index (χ1n) is 10.7. The van der Waals surface area contributed by atoms with Gasteiger partial charge in [-0.3, -0.25) is 9.69 Å².